The molecule has 0 aliphatic carbocycles. The van der Waals surface area contributed by atoms with Crippen LogP contribution < -0.4 is 5.73 Å². The molecular weight excluding hydrogens is 260 g/mol. The van der Waals surface area contributed by atoms with Gasteiger partial charge in [-0.2, -0.15) is 0 Å². The van der Waals surface area contributed by atoms with Crippen molar-refractivity contribution in [1.29, 1.82) is 0 Å². The molecule has 2 aromatic heterocycles. The van der Waals surface area contributed by atoms with Crippen LogP contribution in [-0.4, -0.2) is 26.1 Å². The molecule has 0 spiro atoms. The van der Waals surface area contributed by atoms with Gasteiger partial charge in [0.1, 0.15) is 4.60 Å². The second-order valence-corrected chi connectivity index (χ2v) is 4.09. The largest absolute Gasteiger partial charge is 0.394 e. The number of aromatic nitrogens is 3. The van der Waals surface area contributed by atoms with E-state index < -0.39 is 6.04 Å². The Morgan fingerprint density at radius 2 is 2.40 bits per heavy atom. The minimum Gasteiger partial charge on any atom is -0.394 e. The summed E-state index contributed by atoms with van der Waals surface area (Å²) < 4.78 is 2.66. The second-order valence-electron chi connectivity index (χ2n) is 3.33. The fraction of sp³-hybridized carbons (Fsp3) is 0.333. The van der Waals surface area contributed by atoms with Crippen LogP contribution in [0.25, 0.3) is 5.78 Å². The van der Waals surface area contributed by atoms with Crippen LogP contribution in [0.15, 0.2) is 17.0 Å². The van der Waals surface area contributed by atoms with Gasteiger partial charge in [-0.05, 0) is 22.9 Å². The van der Waals surface area contributed by atoms with E-state index in [1.807, 2.05) is 13.1 Å². The molecule has 2 aromatic rings. The normalized spacial score (nSPS) is 13.3. The molecule has 0 saturated carbocycles. The fourth-order valence-corrected chi connectivity index (χ4v) is 1.68. The van der Waals surface area contributed by atoms with Crippen molar-refractivity contribution in [3.63, 3.8) is 0 Å². The summed E-state index contributed by atoms with van der Waals surface area (Å²) in [6.45, 7) is 1.79. The summed E-state index contributed by atoms with van der Waals surface area (Å²) in [5.74, 6) is 0.619. The van der Waals surface area contributed by atoms with Crippen molar-refractivity contribution in [3.8, 4) is 0 Å². The molecule has 15 heavy (non-hydrogen) atoms. The van der Waals surface area contributed by atoms with Crippen molar-refractivity contribution in [3.05, 3.63) is 28.3 Å². The SMILES string of the molecule is Cc1nc2ncc(C(N)CO)cn2c1Br. The third kappa shape index (κ3) is 1.75. The van der Waals surface area contributed by atoms with Crippen LogP contribution in [-0.2, 0) is 0 Å². The summed E-state index contributed by atoms with van der Waals surface area (Å²) in [5.41, 5.74) is 7.36. The molecule has 0 saturated heterocycles. The molecule has 2 heterocycles. The van der Waals surface area contributed by atoms with Crippen LogP contribution in [0, 0.1) is 6.92 Å². The number of hydrogen-bond donors (Lipinski definition) is 2. The van der Waals surface area contributed by atoms with E-state index in [1.165, 1.54) is 0 Å². The van der Waals surface area contributed by atoms with E-state index in [2.05, 4.69) is 25.9 Å². The fourth-order valence-electron chi connectivity index (χ4n) is 1.33. The van der Waals surface area contributed by atoms with Gasteiger partial charge in [-0.1, -0.05) is 0 Å². The highest BCUT2D eigenvalue weighted by Gasteiger charge is 2.10. The standard InChI is InChI=1S/C9H11BrN4O/c1-5-8(10)14-3-6(7(11)4-15)2-12-9(14)13-5/h2-3,7,15H,4,11H2,1H3. The van der Waals surface area contributed by atoms with Crippen molar-refractivity contribution in [1.82, 2.24) is 14.4 Å². The molecule has 2 rings (SSSR count). The summed E-state index contributed by atoms with van der Waals surface area (Å²) in [7, 11) is 0. The van der Waals surface area contributed by atoms with Gasteiger partial charge in [0.15, 0.2) is 0 Å². The lowest BCUT2D eigenvalue weighted by atomic mass is 10.2. The Bertz CT molecular complexity index is 496. The van der Waals surface area contributed by atoms with Crippen molar-refractivity contribution < 1.29 is 5.11 Å². The minimum absolute atomic E-state index is 0.0987. The van der Waals surface area contributed by atoms with Gasteiger partial charge in [0.05, 0.1) is 18.3 Å². The number of nitrogens with zero attached hydrogens (tertiary/aromatic N) is 3. The number of nitrogens with two attached hydrogens (primary N) is 1. The second kappa shape index (κ2) is 3.88. The van der Waals surface area contributed by atoms with Gasteiger partial charge in [-0.25, -0.2) is 9.97 Å². The topological polar surface area (TPSA) is 76.4 Å². The molecule has 0 aliphatic heterocycles. The van der Waals surface area contributed by atoms with Gasteiger partial charge in [0, 0.05) is 18.0 Å². The number of aliphatic hydroxyl groups is 1. The number of hydrogen-bond acceptors (Lipinski definition) is 4. The number of imidazole rings is 1. The van der Waals surface area contributed by atoms with E-state index in [9.17, 15) is 0 Å². The van der Waals surface area contributed by atoms with Gasteiger partial charge in [0.25, 0.3) is 0 Å². The monoisotopic (exact) mass is 270 g/mol. The molecule has 0 aromatic carbocycles. The third-order valence-electron chi connectivity index (χ3n) is 2.23. The van der Waals surface area contributed by atoms with Crippen LogP contribution in [0.4, 0.5) is 0 Å². The highest BCUT2D eigenvalue weighted by Crippen LogP contribution is 2.18. The van der Waals surface area contributed by atoms with E-state index in [4.69, 9.17) is 10.8 Å². The van der Waals surface area contributed by atoms with E-state index in [-0.39, 0.29) is 6.61 Å². The Kier molecular flexibility index (Phi) is 2.72. The quantitative estimate of drug-likeness (QED) is 0.846. The molecule has 0 fully saturated rings. The zero-order valence-electron chi connectivity index (χ0n) is 8.18. The predicted molar refractivity (Wildman–Crippen MR) is 59.4 cm³/mol. The Labute approximate surface area is 95.1 Å². The molecule has 0 radical (unpaired) electrons. The molecule has 1 atom stereocenters. The maximum absolute atomic E-state index is 8.95. The Balaban J connectivity index is 2.59. The first-order valence-corrected chi connectivity index (χ1v) is 5.29. The summed E-state index contributed by atoms with van der Waals surface area (Å²) in [4.78, 5) is 8.40. The zero-order valence-corrected chi connectivity index (χ0v) is 9.77. The Hall–Kier alpha value is -0.980. The predicted octanol–water partition coefficient (Wildman–Crippen LogP) is 0.792. The number of aliphatic hydroxyl groups excluding tert-OH is 1. The van der Waals surface area contributed by atoms with E-state index in [0.29, 0.717) is 5.78 Å². The third-order valence-corrected chi connectivity index (χ3v) is 3.18. The molecule has 6 heteroatoms. The van der Waals surface area contributed by atoms with E-state index >= 15 is 0 Å². The maximum Gasteiger partial charge on any atom is 0.234 e. The lowest BCUT2D eigenvalue weighted by Gasteiger charge is -2.07. The first-order chi connectivity index (χ1) is 7.13. The highest BCUT2D eigenvalue weighted by molar-refractivity contribution is 9.10. The van der Waals surface area contributed by atoms with Gasteiger partial charge in [-0.15, -0.1) is 0 Å². The molecule has 80 valence electrons. The van der Waals surface area contributed by atoms with Crippen LogP contribution in [0.5, 0.6) is 0 Å². The first kappa shape index (κ1) is 10.5. The summed E-state index contributed by atoms with van der Waals surface area (Å²) in [6.07, 6.45) is 3.46. The van der Waals surface area contributed by atoms with Crippen molar-refractivity contribution >= 4 is 21.7 Å². The molecule has 0 amide bonds. The van der Waals surface area contributed by atoms with Crippen LogP contribution in [0.3, 0.4) is 0 Å². The van der Waals surface area contributed by atoms with Gasteiger partial charge in [0.2, 0.25) is 5.78 Å². The number of halogens is 1. The molecule has 1 unspecified atom stereocenters. The van der Waals surface area contributed by atoms with Crippen LogP contribution >= 0.6 is 15.9 Å². The summed E-state index contributed by atoms with van der Waals surface area (Å²) >= 11 is 3.41. The van der Waals surface area contributed by atoms with Crippen molar-refractivity contribution in [2.45, 2.75) is 13.0 Å². The summed E-state index contributed by atoms with van der Waals surface area (Å²) in [6, 6.07) is -0.406. The van der Waals surface area contributed by atoms with E-state index in [1.54, 1.807) is 10.6 Å². The average Bonchev–Trinajstić information content (AvgIpc) is 2.54. The van der Waals surface area contributed by atoms with Crippen molar-refractivity contribution in [2.24, 2.45) is 5.73 Å². The minimum atomic E-state index is -0.406. The lowest BCUT2D eigenvalue weighted by molar-refractivity contribution is 0.267. The molecular formula is C9H11BrN4O. The highest BCUT2D eigenvalue weighted by atomic mass is 79.9. The van der Waals surface area contributed by atoms with Crippen LogP contribution in [0.2, 0.25) is 0 Å². The van der Waals surface area contributed by atoms with Crippen LogP contribution in [0.1, 0.15) is 17.3 Å². The maximum atomic E-state index is 8.95. The lowest BCUT2D eigenvalue weighted by Crippen LogP contribution is -2.15. The summed E-state index contributed by atoms with van der Waals surface area (Å²) in [5, 5.41) is 8.95. The smallest absolute Gasteiger partial charge is 0.234 e. The number of rotatable bonds is 2. The molecule has 0 aliphatic rings. The Morgan fingerprint density at radius 3 is 3.07 bits per heavy atom. The van der Waals surface area contributed by atoms with E-state index in [0.717, 1.165) is 15.9 Å². The zero-order chi connectivity index (χ0) is 11.0. The Morgan fingerprint density at radius 1 is 1.67 bits per heavy atom. The average molecular weight is 271 g/mol. The first-order valence-electron chi connectivity index (χ1n) is 4.50. The molecule has 3 N–H and O–H groups in total. The van der Waals surface area contributed by atoms with Gasteiger partial charge in [-0.3, -0.25) is 4.40 Å². The van der Waals surface area contributed by atoms with Gasteiger partial charge < -0.3 is 10.8 Å². The molecule has 5 nitrogen and oxygen atoms in total. The number of fused-ring (bicyclic) bond motifs is 1. The van der Waals surface area contributed by atoms with Gasteiger partial charge >= 0.3 is 0 Å². The van der Waals surface area contributed by atoms with Crippen molar-refractivity contribution in [2.75, 3.05) is 6.61 Å². The molecule has 0 bridgehead atoms. The number of aryl methyl sites for hydroxylation is 1.